The van der Waals surface area contributed by atoms with Crippen LogP contribution in [0, 0.1) is 0 Å². The summed E-state index contributed by atoms with van der Waals surface area (Å²) in [6.45, 7) is 1.55. The van der Waals surface area contributed by atoms with E-state index in [2.05, 4.69) is 20.9 Å². The van der Waals surface area contributed by atoms with Crippen molar-refractivity contribution in [3.8, 4) is 0 Å². The average molecular weight is 320 g/mol. The number of thiazole rings is 1. The number of amides is 2. The van der Waals surface area contributed by atoms with Gasteiger partial charge in [-0.3, -0.25) is 4.79 Å². The number of aromatic nitrogens is 1. The zero-order valence-corrected chi connectivity index (χ0v) is 11.2. The van der Waals surface area contributed by atoms with E-state index in [4.69, 9.17) is 5.11 Å². The van der Waals surface area contributed by atoms with E-state index in [1.807, 2.05) is 0 Å². The quantitative estimate of drug-likeness (QED) is 0.847. The molecule has 8 heteroatoms. The van der Waals surface area contributed by atoms with E-state index < -0.39 is 6.09 Å². The van der Waals surface area contributed by atoms with Crippen molar-refractivity contribution < 1.29 is 14.7 Å². The Bertz CT molecular complexity index is 442. The number of nitrogens with zero attached hydrogens (tertiary/aromatic N) is 3. The minimum absolute atomic E-state index is 0.134. The number of hydrogen-bond acceptors (Lipinski definition) is 4. The normalized spacial score (nSPS) is 16.1. The maximum Gasteiger partial charge on any atom is 0.407 e. The second-order valence-electron chi connectivity index (χ2n) is 3.53. The Labute approximate surface area is 110 Å². The molecule has 2 heterocycles. The first-order chi connectivity index (χ1) is 8.08. The molecule has 0 bridgehead atoms. The first-order valence-corrected chi connectivity index (χ1v) is 6.57. The summed E-state index contributed by atoms with van der Waals surface area (Å²) in [4.78, 5) is 29.6. The fraction of sp³-hybridized carbons (Fsp3) is 0.444. The van der Waals surface area contributed by atoms with E-state index in [1.54, 1.807) is 11.1 Å². The molecule has 2 rings (SSSR count). The molecule has 17 heavy (non-hydrogen) atoms. The molecule has 0 spiro atoms. The largest absolute Gasteiger partial charge is 0.465 e. The van der Waals surface area contributed by atoms with E-state index in [0.717, 1.165) is 3.79 Å². The van der Waals surface area contributed by atoms with Gasteiger partial charge >= 0.3 is 6.09 Å². The monoisotopic (exact) mass is 319 g/mol. The van der Waals surface area contributed by atoms with Crippen molar-refractivity contribution in [1.29, 1.82) is 0 Å². The van der Waals surface area contributed by atoms with Gasteiger partial charge in [0.15, 0.2) is 5.01 Å². The van der Waals surface area contributed by atoms with Crippen LogP contribution in [0.5, 0.6) is 0 Å². The van der Waals surface area contributed by atoms with Crippen molar-refractivity contribution >= 4 is 39.3 Å². The highest BCUT2D eigenvalue weighted by atomic mass is 79.9. The third-order valence-corrected chi connectivity index (χ3v) is 3.96. The fourth-order valence-electron chi connectivity index (χ4n) is 1.59. The second-order valence-corrected chi connectivity index (χ2v) is 5.94. The molecule has 92 valence electrons. The average Bonchev–Trinajstić information content (AvgIpc) is 2.75. The molecule has 1 saturated heterocycles. The van der Waals surface area contributed by atoms with Crippen molar-refractivity contribution in [3.63, 3.8) is 0 Å². The van der Waals surface area contributed by atoms with E-state index in [-0.39, 0.29) is 5.91 Å². The van der Waals surface area contributed by atoms with Crippen molar-refractivity contribution in [1.82, 2.24) is 14.8 Å². The van der Waals surface area contributed by atoms with E-state index in [0.29, 0.717) is 31.2 Å². The SMILES string of the molecule is O=C(O)N1CCN(C(=O)c2ncc(Br)s2)CC1. The Morgan fingerprint density at radius 1 is 1.29 bits per heavy atom. The second kappa shape index (κ2) is 5.01. The Kier molecular flexibility index (Phi) is 3.63. The van der Waals surface area contributed by atoms with Gasteiger partial charge in [-0.2, -0.15) is 0 Å². The van der Waals surface area contributed by atoms with Gasteiger partial charge in [0.2, 0.25) is 0 Å². The van der Waals surface area contributed by atoms with Crippen LogP contribution in [0.1, 0.15) is 9.80 Å². The summed E-state index contributed by atoms with van der Waals surface area (Å²) in [6, 6.07) is 0. The number of carboxylic acid groups (broad SMARTS) is 1. The van der Waals surface area contributed by atoms with Crippen molar-refractivity contribution in [3.05, 3.63) is 15.0 Å². The zero-order valence-electron chi connectivity index (χ0n) is 8.80. The minimum Gasteiger partial charge on any atom is -0.465 e. The molecule has 2 amide bonds. The molecule has 0 aliphatic carbocycles. The molecule has 6 nitrogen and oxygen atoms in total. The van der Waals surface area contributed by atoms with Gasteiger partial charge < -0.3 is 14.9 Å². The zero-order chi connectivity index (χ0) is 12.4. The molecule has 1 aliphatic rings. The Morgan fingerprint density at radius 2 is 1.88 bits per heavy atom. The highest BCUT2D eigenvalue weighted by Gasteiger charge is 2.25. The summed E-state index contributed by atoms with van der Waals surface area (Å²) in [5.41, 5.74) is 0. The highest BCUT2D eigenvalue weighted by molar-refractivity contribution is 9.11. The van der Waals surface area contributed by atoms with Crippen molar-refractivity contribution in [2.24, 2.45) is 0 Å². The maximum absolute atomic E-state index is 12.0. The number of halogens is 1. The van der Waals surface area contributed by atoms with Crippen LogP contribution in [0.3, 0.4) is 0 Å². The highest BCUT2D eigenvalue weighted by Crippen LogP contribution is 2.20. The molecule has 1 aromatic heterocycles. The lowest BCUT2D eigenvalue weighted by molar-refractivity contribution is 0.0624. The summed E-state index contributed by atoms with van der Waals surface area (Å²) in [5.74, 6) is -0.134. The first kappa shape index (κ1) is 12.3. The molecule has 1 aliphatic heterocycles. The summed E-state index contributed by atoms with van der Waals surface area (Å²) in [7, 11) is 0. The molecule has 0 radical (unpaired) electrons. The standard InChI is InChI=1S/C9H10BrN3O3S/c10-6-5-11-7(17-6)8(14)12-1-3-13(4-2-12)9(15)16/h5H,1-4H2,(H,15,16). The molecule has 0 unspecified atom stereocenters. The van der Waals surface area contributed by atoms with Crippen LogP contribution >= 0.6 is 27.3 Å². The van der Waals surface area contributed by atoms with Crippen LogP contribution < -0.4 is 0 Å². The van der Waals surface area contributed by atoms with Crippen LogP contribution in [0.2, 0.25) is 0 Å². The lowest BCUT2D eigenvalue weighted by Crippen LogP contribution is -2.50. The first-order valence-electron chi connectivity index (χ1n) is 4.96. The third-order valence-electron chi connectivity index (χ3n) is 2.50. The topological polar surface area (TPSA) is 73.7 Å². The van der Waals surface area contributed by atoms with Crippen molar-refractivity contribution in [2.45, 2.75) is 0 Å². The number of hydrogen-bond donors (Lipinski definition) is 1. The predicted octanol–water partition coefficient (Wildman–Crippen LogP) is 1.34. The number of piperazine rings is 1. The van der Waals surface area contributed by atoms with Crippen LogP contribution in [-0.4, -0.2) is 58.1 Å². The molecule has 0 aromatic carbocycles. The van der Waals surface area contributed by atoms with Crippen LogP contribution in [0.15, 0.2) is 9.98 Å². The minimum atomic E-state index is -0.936. The van der Waals surface area contributed by atoms with Gasteiger partial charge in [0.1, 0.15) is 0 Å². The number of carbonyl (C=O) groups excluding carboxylic acids is 1. The van der Waals surface area contributed by atoms with Crippen molar-refractivity contribution in [2.75, 3.05) is 26.2 Å². The summed E-state index contributed by atoms with van der Waals surface area (Å²) < 4.78 is 0.810. The summed E-state index contributed by atoms with van der Waals surface area (Å²) in [6.07, 6.45) is 0.653. The fourth-order valence-corrected chi connectivity index (χ4v) is 2.76. The van der Waals surface area contributed by atoms with Crippen LogP contribution in [0.25, 0.3) is 0 Å². The molecular formula is C9H10BrN3O3S. The van der Waals surface area contributed by atoms with Crippen LogP contribution in [-0.2, 0) is 0 Å². The van der Waals surface area contributed by atoms with Gasteiger partial charge in [-0.25, -0.2) is 9.78 Å². The van der Waals surface area contributed by atoms with Gasteiger partial charge in [0.05, 0.1) is 9.98 Å². The molecular weight excluding hydrogens is 310 g/mol. The third kappa shape index (κ3) is 2.75. The smallest absolute Gasteiger partial charge is 0.407 e. The number of carbonyl (C=O) groups is 2. The van der Waals surface area contributed by atoms with Gasteiger partial charge in [0, 0.05) is 26.2 Å². The predicted molar refractivity (Wildman–Crippen MR) is 65.3 cm³/mol. The Balaban J connectivity index is 1.97. The summed E-state index contributed by atoms with van der Waals surface area (Å²) in [5, 5.41) is 9.22. The van der Waals surface area contributed by atoms with E-state index in [9.17, 15) is 9.59 Å². The van der Waals surface area contributed by atoms with Crippen LogP contribution in [0.4, 0.5) is 4.79 Å². The molecule has 0 saturated carbocycles. The lowest BCUT2D eigenvalue weighted by atomic mass is 10.3. The molecule has 1 fully saturated rings. The Hall–Kier alpha value is -1.15. The summed E-state index contributed by atoms with van der Waals surface area (Å²) >= 11 is 4.53. The van der Waals surface area contributed by atoms with E-state index >= 15 is 0 Å². The van der Waals surface area contributed by atoms with Gasteiger partial charge in [0.25, 0.3) is 5.91 Å². The molecule has 1 aromatic rings. The molecule has 0 atom stereocenters. The van der Waals surface area contributed by atoms with Gasteiger partial charge in [-0.15, -0.1) is 11.3 Å². The lowest BCUT2D eigenvalue weighted by Gasteiger charge is -2.32. The van der Waals surface area contributed by atoms with Gasteiger partial charge in [-0.1, -0.05) is 0 Å². The maximum atomic E-state index is 12.0. The van der Waals surface area contributed by atoms with Gasteiger partial charge in [-0.05, 0) is 15.9 Å². The Morgan fingerprint density at radius 3 is 2.35 bits per heavy atom. The van der Waals surface area contributed by atoms with E-state index in [1.165, 1.54) is 16.2 Å². The number of rotatable bonds is 1. The molecule has 1 N–H and O–H groups in total.